The Kier molecular flexibility index (Phi) is 5.31. The van der Waals surface area contributed by atoms with Crippen molar-refractivity contribution in [2.24, 2.45) is 0 Å². The quantitative estimate of drug-likeness (QED) is 0.149. The van der Waals surface area contributed by atoms with Gasteiger partial charge in [-0.3, -0.25) is 10.1 Å². The van der Waals surface area contributed by atoms with Gasteiger partial charge >= 0.3 is 0 Å². The van der Waals surface area contributed by atoms with Gasteiger partial charge < -0.3 is 4.57 Å². The average molecular weight is 605 g/mol. The van der Waals surface area contributed by atoms with Gasteiger partial charge in [-0.2, -0.15) is 0 Å². The van der Waals surface area contributed by atoms with E-state index in [0.29, 0.717) is 5.56 Å². The molecule has 3 aliphatic carbocycles. The molecule has 0 saturated heterocycles. The lowest BCUT2D eigenvalue weighted by Crippen LogP contribution is -2.26. The zero-order valence-corrected chi connectivity index (χ0v) is 25.5. The van der Waals surface area contributed by atoms with Gasteiger partial charge in [-0.15, -0.1) is 0 Å². The summed E-state index contributed by atoms with van der Waals surface area (Å²) >= 11 is 0. The Morgan fingerprint density at radius 1 is 0.574 bits per heavy atom. The van der Waals surface area contributed by atoms with Gasteiger partial charge in [0.15, 0.2) is 0 Å². The lowest BCUT2D eigenvalue weighted by molar-refractivity contribution is -0.385. The van der Waals surface area contributed by atoms with Crippen LogP contribution in [0.5, 0.6) is 0 Å². The van der Waals surface area contributed by atoms with Crippen LogP contribution in [0.1, 0.15) is 45.5 Å². The number of allylic oxidation sites excluding steroid dienone is 1. The first-order chi connectivity index (χ1) is 23.2. The zero-order valence-electron chi connectivity index (χ0n) is 25.5. The largest absolute Gasteiger partial charge is 0.313 e. The molecule has 0 N–H and O–H groups in total. The van der Waals surface area contributed by atoms with Crippen LogP contribution in [-0.4, -0.2) is 9.49 Å². The van der Waals surface area contributed by atoms with Crippen LogP contribution in [0.2, 0.25) is 0 Å². The van der Waals surface area contributed by atoms with E-state index in [1.165, 1.54) is 50.2 Å². The van der Waals surface area contributed by atoms with E-state index in [9.17, 15) is 10.1 Å². The van der Waals surface area contributed by atoms with Crippen molar-refractivity contribution in [1.82, 2.24) is 4.57 Å². The molecule has 0 unspecified atom stereocenters. The first kappa shape index (κ1) is 26.2. The van der Waals surface area contributed by atoms with Crippen LogP contribution >= 0.6 is 0 Å². The van der Waals surface area contributed by atoms with Crippen molar-refractivity contribution in [3.05, 3.63) is 189 Å². The fraction of sp³-hybridized carbons (Fsp3) is 0.0698. The molecule has 7 aromatic rings. The van der Waals surface area contributed by atoms with E-state index in [4.69, 9.17) is 0 Å². The summed E-state index contributed by atoms with van der Waals surface area (Å²) in [6.45, 7) is 0. The minimum atomic E-state index is -0.405. The Morgan fingerprint density at radius 3 is 1.79 bits per heavy atom. The molecule has 0 aliphatic heterocycles. The molecule has 0 saturated carbocycles. The monoisotopic (exact) mass is 604 g/mol. The highest BCUT2D eigenvalue weighted by Crippen LogP contribution is 2.63. The molecule has 3 aliphatic rings. The molecule has 222 valence electrons. The Balaban J connectivity index is 1.24. The molecule has 0 fully saturated rings. The van der Waals surface area contributed by atoms with E-state index in [2.05, 4.69) is 126 Å². The second-order valence-electron chi connectivity index (χ2n) is 12.8. The SMILES string of the molecule is O=[N+]([O-])c1ccccc1C1=Cc2c(n(-c3ccc4c(c3)C3(c5ccccc5-c5ccccc53)c3ccccc3-4)c3ccccc23)CC1. The smallest absolute Gasteiger partial charge is 0.276 e. The highest BCUT2D eigenvalue weighted by Gasteiger charge is 2.51. The van der Waals surface area contributed by atoms with E-state index < -0.39 is 5.41 Å². The number of benzene rings is 6. The molecule has 4 heteroatoms. The van der Waals surface area contributed by atoms with Crippen LogP contribution < -0.4 is 0 Å². The van der Waals surface area contributed by atoms with E-state index in [0.717, 1.165) is 40.6 Å². The number of nitrogens with zero attached hydrogens (tertiary/aromatic N) is 2. The third kappa shape index (κ3) is 3.37. The molecule has 1 heterocycles. The van der Waals surface area contributed by atoms with Crippen LogP contribution in [0.25, 0.3) is 50.5 Å². The fourth-order valence-corrected chi connectivity index (χ4v) is 8.86. The summed E-state index contributed by atoms with van der Waals surface area (Å²) in [6.07, 6.45) is 3.71. The number of aromatic nitrogens is 1. The van der Waals surface area contributed by atoms with Crippen molar-refractivity contribution in [3.63, 3.8) is 0 Å². The third-order valence-corrected chi connectivity index (χ3v) is 10.7. The van der Waals surface area contributed by atoms with Gasteiger partial charge in [0.05, 0.1) is 21.4 Å². The molecular formula is C43H28N2O2. The molecule has 0 radical (unpaired) electrons. The van der Waals surface area contributed by atoms with Gasteiger partial charge in [0.25, 0.3) is 5.69 Å². The van der Waals surface area contributed by atoms with Crippen molar-refractivity contribution in [3.8, 4) is 27.9 Å². The molecule has 10 rings (SSSR count). The van der Waals surface area contributed by atoms with Gasteiger partial charge in [-0.05, 0) is 93.3 Å². The van der Waals surface area contributed by atoms with Crippen LogP contribution in [-0.2, 0) is 11.8 Å². The molecule has 0 amide bonds. The Hall–Kier alpha value is -6.00. The van der Waals surface area contributed by atoms with Gasteiger partial charge in [0.1, 0.15) is 0 Å². The van der Waals surface area contributed by atoms with E-state index in [1.54, 1.807) is 12.1 Å². The molecule has 1 aromatic heterocycles. The van der Waals surface area contributed by atoms with Crippen LogP contribution in [0.4, 0.5) is 5.69 Å². The van der Waals surface area contributed by atoms with Crippen LogP contribution in [0.3, 0.4) is 0 Å². The average Bonchev–Trinajstić information content (AvgIpc) is 3.73. The summed E-state index contributed by atoms with van der Waals surface area (Å²) < 4.78 is 2.43. The van der Waals surface area contributed by atoms with Crippen LogP contribution in [0.15, 0.2) is 140 Å². The second kappa shape index (κ2) is 9.51. The predicted molar refractivity (Wildman–Crippen MR) is 189 cm³/mol. The molecule has 0 atom stereocenters. The Labute approximate surface area is 272 Å². The Morgan fingerprint density at radius 2 is 1.13 bits per heavy atom. The van der Waals surface area contributed by atoms with E-state index >= 15 is 0 Å². The summed E-state index contributed by atoms with van der Waals surface area (Å²) in [6, 6.07) is 49.4. The topological polar surface area (TPSA) is 48.1 Å². The molecule has 4 nitrogen and oxygen atoms in total. The van der Waals surface area contributed by atoms with Crippen molar-refractivity contribution >= 4 is 28.2 Å². The maximum atomic E-state index is 11.9. The predicted octanol–water partition coefficient (Wildman–Crippen LogP) is 10.4. The standard InChI is InChI=1S/C43H28N2O2/c46-45(47)42-20-10-4-11-29(42)27-21-24-41-35(25-27)34-15-5-9-19-40(34)44(41)28-22-23-33-32-14-3-8-18-38(32)43(39(33)26-28)36-16-6-1-12-30(36)31-13-2-7-17-37(31)43/h1-20,22-23,25-26H,21,24H2. The summed E-state index contributed by atoms with van der Waals surface area (Å²) in [5.41, 5.74) is 16.6. The van der Waals surface area contributed by atoms with Crippen LogP contribution in [0, 0.1) is 10.1 Å². The first-order valence-corrected chi connectivity index (χ1v) is 16.2. The summed E-state index contributed by atoms with van der Waals surface area (Å²) in [5, 5.41) is 13.1. The number of rotatable bonds is 3. The summed E-state index contributed by atoms with van der Waals surface area (Å²) in [4.78, 5) is 11.6. The normalized spacial score (nSPS) is 14.7. The highest BCUT2D eigenvalue weighted by molar-refractivity contribution is 6.00. The van der Waals surface area contributed by atoms with Crippen molar-refractivity contribution in [2.45, 2.75) is 18.3 Å². The molecule has 47 heavy (non-hydrogen) atoms. The number of fused-ring (bicyclic) bond motifs is 13. The van der Waals surface area contributed by atoms with Crippen molar-refractivity contribution < 1.29 is 4.92 Å². The summed E-state index contributed by atoms with van der Waals surface area (Å²) in [5.74, 6) is 0. The maximum Gasteiger partial charge on any atom is 0.276 e. The Bertz CT molecular complexity index is 2450. The fourth-order valence-electron chi connectivity index (χ4n) is 8.86. The maximum absolute atomic E-state index is 11.9. The number of hydrogen-bond acceptors (Lipinski definition) is 2. The minimum Gasteiger partial charge on any atom is -0.313 e. The molecule has 6 aromatic carbocycles. The highest BCUT2D eigenvalue weighted by atomic mass is 16.6. The summed E-state index contributed by atoms with van der Waals surface area (Å²) in [7, 11) is 0. The minimum absolute atomic E-state index is 0.159. The van der Waals surface area contributed by atoms with E-state index in [1.807, 2.05) is 12.1 Å². The molecular weight excluding hydrogens is 576 g/mol. The van der Waals surface area contributed by atoms with Gasteiger partial charge in [-0.1, -0.05) is 109 Å². The lowest BCUT2D eigenvalue weighted by Gasteiger charge is -2.31. The van der Waals surface area contributed by atoms with Gasteiger partial charge in [0.2, 0.25) is 0 Å². The number of nitro groups is 1. The molecule has 0 bridgehead atoms. The van der Waals surface area contributed by atoms with Crippen molar-refractivity contribution in [1.29, 1.82) is 0 Å². The zero-order chi connectivity index (χ0) is 31.3. The second-order valence-corrected chi connectivity index (χ2v) is 12.8. The number of para-hydroxylation sites is 2. The first-order valence-electron chi connectivity index (χ1n) is 16.2. The van der Waals surface area contributed by atoms with E-state index in [-0.39, 0.29) is 10.6 Å². The molecule has 1 spiro atoms. The van der Waals surface area contributed by atoms with Crippen molar-refractivity contribution in [2.75, 3.05) is 0 Å². The lowest BCUT2D eigenvalue weighted by atomic mass is 9.70. The van der Waals surface area contributed by atoms with Gasteiger partial charge in [0, 0.05) is 28.4 Å². The number of nitro benzene ring substituents is 1. The number of hydrogen-bond donors (Lipinski definition) is 0. The third-order valence-electron chi connectivity index (χ3n) is 10.7. The van der Waals surface area contributed by atoms with Gasteiger partial charge in [-0.25, -0.2) is 0 Å².